The van der Waals surface area contributed by atoms with E-state index in [9.17, 15) is 14.4 Å². The molecule has 0 bridgehead atoms. The first-order chi connectivity index (χ1) is 27.9. The smallest absolute Gasteiger partial charge is 0.309 e. The summed E-state index contributed by atoms with van der Waals surface area (Å²) in [4.78, 5) is 40.2. The number of rotatable bonds is 43. The zero-order valence-electron chi connectivity index (χ0n) is 38.3. The van der Waals surface area contributed by atoms with Gasteiger partial charge in [-0.05, 0) is 90.2 Å². The van der Waals surface area contributed by atoms with Crippen molar-refractivity contribution >= 4 is 17.9 Å². The van der Waals surface area contributed by atoms with Crippen molar-refractivity contribution in [3.05, 3.63) is 24.4 Å². The van der Waals surface area contributed by atoms with Gasteiger partial charge in [0.05, 0.1) is 38.1 Å². The van der Waals surface area contributed by atoms with Crippen molar-refractivity contribution in [1.29, 1.82) is 0 Å². The van der Waals surface area contributed by atoms with Crippen LogP contribution in [-0.4, -0.2) is 55.7 Å². The Labute approximate surface area is 353 Å². The van der Waals surface area contributed by atoms with E-state index in [0.717, 1.165) is 122 Å². The maximum atomic E-state index is 13.0. The highest BCUT2D eigenvalue weighted by Crippen LogP contribution is 2.22. The third-order valence-corrected chi connectivity index (χ3v) is 11.0. The molecule has 0 aliphatic heterocycles. The first-order valence-electron chi connectivity index (χ1n) is 24.5. The molecule has 0 N–H and O–H groups in total. The van der Waals surface area contributed by atoms with Crippen LogP contribution in [0.25, 0.3) is 0 Å². The van der Waals surface area contributed by atoms with Crippen molar-refractivity contribution in [2.45, 2.75) is 234 Å². The normalized spacial score (nSPS) is 12.6. The molecule has 0 heterocycles. The van der Waals surface area contributed by atoms with Crippen LogP contribution in [0, 0.1) is 11.8 Å². The van der Waals surface area contributed by atoms with E-state index in [0.29, 0.717) is 19.8 Å². The number of nitrogens with zero attached hydrogens (tertiary/aromatic N) is 1. The summed E-state index contributed by atoms with van der Waals surface area (Å²) in [6, 6.07) is 0. The standard InChI is InChI=1S/C50H93NO6/c1-6-11-15-19-21-29-38-46(36-27-17-13-8-3)49(53)56-44-33-25-23-31-41-51(43-35-40-48(52)55-10-5)42-32-24-26-34-45-57-50(54)47(37-28-18-14-9-4)39-30-22-20-16-12-7-2/h19,21,35,43,46-47H,6-18,20,22-34,36-42,44-45H2,1-5H3/b21-19+,43-35+. The van der Waals surface area contributed by atoms with Crippen LogP contribution in [0.15, 0.2) is 24.4 Å². The van der Waals surface area contributed by atoms with E-state index in [-0.39, 0.29) is 36.2 Å². The fraction of sp³-hybridized carbons (Fsp3) is 0.860. The van der Waals surface area contributed by atoms with E-state index < -0.39 is 0 Å². The van der Waals surface area contributed by atoms with Gasteiger partial charge in [0.1, 0.15) is 0 Å². The maximum absolute atomic E-state index is 13.0. The second-order valence-electron chi connectivity index (χ2n) is 16.4. The van der Waals surface area contributed by atoms with Gasteiger partial charge in [-0.15, -0.1) is 0 Å². The highest BCUT2D eigenvalue weighted by molar-refractivity contribution is 5.72. The van der Waals surface area contributed by atoms with E-state index in [1.165, 1.54) is 83.5 Å². The molecule has 57 heavy (non-hydrogen) atoms. The van der Waals surface area contributed by atoms with Gasteiger partial charge in [0.2, 0.25) is 0 Å². The molecule has 0 aliphatic rings. The van der Waals surface area contributed by atoms with Crippen LogP contribution < -0.4 is 0 Å². The molecular formula is C50H93NO6. The predicted molar refractivity (Wildman–Crippen MR) is 241 cm³/mol. The van der Waals surface area contributed by atoms with E-state index >= 15 is 0 Å². The molecular weight excluding hydrogens is 711 g/mol. The average molecular weight is 804 g/mol. The molecule has 0 aromatic carbocycles. The molecule has 334 valence electrons. The average Bonchev–Trinajstić information content (AvgIpc) is 3.20. The van der Waals surface area contributed by atoms with Crippen molar-refractivity contribution in [2.24, 2.45) is 11.8 Å². The maximum Gasteiger partial charge on any atom is 0.309 e. The van der Waals surface area contributed by atoms with Crippen molar-refractivity contribution in [3.63, 3.8) is 0 Å². The lowest BCUT2D eigenvalue weighted by molar-refractivity contribution is -0.150. The Bertz CT molecular complexity index is 964. The molecule has 7 nitrogen and oxygen atoms in total. The Hall–Kier alpha value is -2.31. The van der Waals surface area contributed by atoms with Gasteiger partial charge < -0.3 is 19.1 Å². The van der Waals surface area contributed by atoms with Crippen LogP contribution >= 0.6 is 0 Å². The number of allylic oxidation sites excluding steroid dienone is 2. The summed E-state index contributed by atoms with van der Waals surface area (Å²) in [6.07, 6.45) is 42.3. The molecule has 0 saturated carbocycles. The third-order valence-electron chi connectivity index (χ3n) is 11.0. The van der Waals surface area contributed by atoms with Gasteiger partial charge in [0.25, 0.3) is 0 Å². The minimum atomic E-state index is -0.195. The minimum absolute atomic E-state index is 0.00460. The SMILES string of the molecule is CCCC/C=C/CCC(CCCCCC)C(=O)OCCCCCCN(/C=C/CC(=O)OCC)CCCCCCOC(=O)C(CCCCCC)CCCCCCCC. The molecule has 0 aromatic rings. The molecule has 0 spiro atoms. The molecule has 0 amide bonds. The number of unbranched alkanes of at least 4 members (excludes halogenated alkanes) is 19. The molecule has 0 saturated heterocycles. The molecule has 0 radical (unpaired) electrons. The molecule has 0 fully saturated rings. The van der Waals surface area contributed by atoms with Crippen LogP contribution in [0.2, 0.25) is 0 Å². The monoisotopic (exact) mass is 804 g/mol. The van der Waals surface area contributed by atoms with Crippen LogP contribution in [0.5, 0.6) is 0 Å². The largest absolute Gasteiger partial charge is 0.466 e. The highest BCUT2D eigenvalue weighted by atomic mass is 16.5. The zero-order valence-corrected chi connectivity index (χ0v) is 38.3. The van der Waals surface area contributed by atoms with E-state index in [1.54, 1.807) is 0 Å². The number of esters is 3. The molecule has 2 unspecified atom stereocenters. The summed E-state index contributed by atoms with van der Waals surface area (Å²) in [6.45, 7) is 14.0. The Kier molecular flexibility index (Phi) is 41.5. The molecule has 0 rings (SSSR count). The Balaban J connectivity index is 4.64. The lowest BCUT2D eigenvalue weighted by Gasteiger charge is -2.20. The summed E-state index contributed by atoms with van der Waals surface area (Å²) < 4.78 is 16.7. The number of carbonyl (C=O) groups excluding carboxylic acids is 3. The van der Waals surface area contributed by atoms with E-state index in [4.69, 9.17) is 14.2 Å². The Morgan fingerprint density at radius 3 is 1.37 bits per heavy atom. The number of hydrogen-bond acceptors (Lipinski definition) is 7. The summed E-state index contributed by atoms with van der Waals surface area (Å²) in [5, 5.41) is 0. The Morgan fingerprint density at radius 1 is 0.439 bits per heavy atom. The third kappa shape index (κ3) is 36.5. The lowest BCUT2D eigenvalue weighted by atomic mass is 9.94. The van der Waals surface area contributed by atoms with Crippen LogP contribution in [0.1, 0.15) is 234 Å². The minimum Gasteiger partial charge on any atom is -0.466 e. The van der Waals surface area contributed by atoms with Crippen molar-refractivity contribution in [1.82, 2.24) is 4.90 Å². The first kappa shape index (κ1) is 54.7. The number of ether oxygens (including phenoxy) is 3. The second-order valence-corrected chi connectivity index (χ2v) is 16.4. The number of hydrogen-bond donors (Lipinski definition) is 0. The summed E-state index contributed by atoms with van der Waals surface area (Å²) in [5.41, 5.74) is 0. The fourth-order valence-electron chi connectivity index (χ4n) is 7.32. The summed E-state index contributed by atoms with van der Waals surface area (Å²) in [5.74, 6) is -0.0956. The lowest BCUT2D eigenvalue weighted by Crippen LogP contribution is -2.20. The van der Waals surface area contributed by atoms with Crippen LogP contribution in [0.4, 0.5) is 0 Å². The van der Waals surface area contributed by atoms with Gasteiger partial charge >= 0.3 is 17.9 Å². The quantitative estimate of drug-likeness (QED) is 0.0263. The van der Waals surface area contributed by atoms with Gasteiger partial charge in [0.15, 0.2) is 0 Å². The predicted octanol–water partition coefficient (Wildman–Crippen LogP) is 14.4. The first-order valence-corrected chi connectivity index (χ1v) is 24.5. The molecule has 2 atom stereocenters. The molecule has 7 heteroatoms. The summed E-state index contributed by atoms with van der Waals surface area (Å²) in [7, 11) is 0. The van der Waals surface area contributed by atoms with Gasteiger partial charge in [-0.2, -0.15) is 0 Å². The Morgan fingerprint density at radius 2 is 0.860 bits per heavy atom. The van der Waals surface area contributed by atoms with Crippen LogP contribution in [0.3, 0.4) is 0 Å². The molecule has 0 aliphatic carbocycles. The number of carbonyl (C=O) groups is 3. The van der Waals surface area contributed by atoms with E-state index in [2.05, 4.69) is 50.9 Å². The topological polar surface area (TPSA) is 82.1 Å². The molecule has 0 aromatic heterocycles. The zero-order chi connectivity index (χ0) is 41.9. The highest BCUT2D eigenvalue weighted by Gasteiger charge is 2.20. The van der Waals surface area contributed by atoms with Gasteiger partial charge in [-0.1, -0.05) is 161 Å². The van der Waals surface area contributed by atoms with Crippen molar-refractivity contribution in [3.8, 4) is 0 Å². The van der Waals surface area contributed by atoms with Gasteiger partial charge in [0, 0.05) is 13.1 Å². The second kappa shape index (κ2) is 43.3. The van der Waals surface area contributed by atoms with Gasteiger partial charge in [-0.3, -0.25) is 14.4 Å². The van der Waals surface area contributed by atoms with Crippen LogP contribution in [-0.2, 0) is 28.6 Å². The van der Waals surface area contributed by atoms with Crippen molar-refractivity contribution in [2.75, 3.05) is 32.9 Å². The summed E-state index contributed by atoms with van der Waals surface area (Å²) >= 11 is 0. The van der Waals surface area contributed by atoms with Gasteiger partial charge in [-0.25, -0.2) is 0 Å². The van der Waals surface area contributed by atoms with E-state index in [1.807, 2.05) is 13.0 Å². The van der Waals surface area contributed by atoms with Crippen molar-refractivity contribution < 1.29 is 28.6 Å². The fourth-order valence-corrected chi connectivity index (χ4v) is 7.32.